The van der Waals surface area contributed by atoms with Gasteiger partial charge < -0.3 is 15.1 Å². The topological polar surface area (TPSA) is 77.8 Å². The largest absolute Gasteiger partial charge is 0.477 e. The van der Waals surface area contributed by atoms with Crippen molar-refractivity contribution in [3.05, 3.63) is 69.9 Å². The molecule has 1 aliphatic rings. The molecule has 1 aliphatic heterocycles. The second-order valence-corrected chi connectivity index (χ2v) is 9.26. The van der Waals surface area contributed by atoms with E-state index >= 15 is 0 Å². The number of rotatable bonds is 9. The number of aromatic carboxylic acids is 1. The summed E-state index contributed by atoms with van der Waals surface area (Å²) in [6, 6.07) is 13.2. The lowest BCUT2D eigenvalue weighted by molar-refractivity contribution is -0.128. The predicted molar refractivity (Wildman–Crippen MR) is 127 cm³/mol. The molecule has 1 amide bonds. The van der Waals surface area contributed by atoms with E-state index in [1.165, 1.54) is 11.3 Å². The molecular weight excluding hydrogens is 422 g/mol. The number of nitrogens with zero attached hydrogens (tertiary/aromatic N) is 1. The second kappa shape index (κ2) is 11.7. The van der Waals surface area contributed by atoms with Gasteiger partial charge in [-0.1, -0.05) is 49.1 Å². The molecule has 0 saturated carbocycles. The Morgan fingerprint density at radius 2 is 2.06 bits per heavy atom. The van der Waals surface area contributed by atoms with Crippen LogP contribution in [0.5, 0.6) is 0 Å². The van der Waals surface area contributed by atoms with Gasteiger partial charge in [0.15, 0.2) is 0 Å². The standard InChI is InChI=1S/C26H29NO4S/c1-19(7-5-10-20-8-3-2-4-9-20)23(28)15-12-21-13-17-25(29)27(21)18-6-11-22-14-16-24(32-22)26(30)31/h2-4,8-9,12,14-16,19,21,23,28H,6-7,11,13,17-18H2,1H3,(H,30,31). The number of likely N-dealkylation sites (tertiary alicyclic amines) is 1. The summed E-state index contributed by atoms with van der Waals surface area (Å²) in [7, 11) is 0. The van der Waals surface area contributed by atoms with Crippen LogP contribution < -0.4 is 0 Å². The van der Waals surface area contributed by atoms with Crippen molar-refractivity contribution < 1.29 is 19.8 Å². The van der Waals surface area contributed by atoms with E-state index in [0.717, 1.165) is 29.7 Å². The maximum atomic E-state index is 12.3. The number of thiophene rings is 1. The lowest BCUT2D eigenvalue weighted by Gasteiger charge is -2.23. The van der Waals surface area contributed by atoms with Crippen LogP contribution in [-0.2, 0) is 11.2 Å². The van der Waals surface area contributed by atoms with Crippen molar-refractivity contribution in [2.45, 2.75) is 51.2 Å². The first-order chi connectivity index (χ1) is 15.4. The predicted octanol–water partition coefficient (Wildman–Crippen LogP) is 4.36. The number of carbonyl (C=O) groups excluding carboxylic acids is 1. The van der Waals surface area contributed by atoms with Crippen LogP contribution in [0.25, 0.3) is 0 Å². The molecule has 3 rings (SSSR count). The number of carboxylic acid groups (broad SMARTS) is 1. The third-order valence-corrected chi connectivity index (χ3v) is 6.75. The molecule has 0 radical (unpaired) electrons. The quantitative estimate of drug-likeness (QED) is 0.439. The molecule has 5 nitrogen and oxygen atoms in total. The van der Waals surface area contributed by atoms with E-state index in [1.807, 2.05) is 54.3 Å². The van der Waals surface area contributed by atoms with Crippen molar-refractivity contribution in [3.63, 3.8) is 0 Å². The Balaban J connectivity index is 1.48. The minimum Gasteiger partial charge on any atom is -0.477 e. The first-order valence-electron chi connectivity index (χ1n) is 11.0. The van der Waals surface area contributed by atoms with Crippen molar-refractivity contribution in [1.82, 2.24) is 4.90 Å². The van der Waals surface area contributed by atoms with E-state index in [2.05, 4.69) is 11.8 Å². The lowest BCUT2D eigenvalue weighted by atomic mass is 9.99. The highest BCUT2D eigenvalue weighted by molar-refractivity contribution is 7.13. The zero-order chi connectivity index (χ0) is 22.9. The first kappa shape index (κ1) is 23.8. The lowest BCUT2D eigenvalue weighted by Crippen LogP contribution is -2.33. The van der Waals surface area contributed by atoms with Crippen molar-refractivity contribution >= 4 is 23.2 Å². The highest BCUT2D eigenvalue weighted by Gasteiger charge is 2.28. The summed E-state index contributed by atoms with van der Waals surface area (Å²) in [6.07, 6.45) is 6.53. The van der Waals surface area contributed by atoms with Gasteiger partial charge in [-0.2, -0.15) is 0 Å². The normalized spacial score (nSPS) is 17.9. The third kappa shape index (κ3) is 6.81. The zero-order valence-electron chi connectivity index (χ0n) is 18.2. The molecule has 2 heterocycles. The molecule has 1 saturated heterocycles. The monoisotopic (exact) mass is 451 g/mol. The minimum atomic E-state index is -0.903. The highest BCUT2D eigenvalue weighted by atomic mass is 32.1. The van der Waals surface area contributed by atoms with E-state index in [0.29, 0.717) is 24.3 Å². The van der Waals surface area contributed by atoms with E-state index < -0.39 is 12.1 Å². The van der Waals surface area contributed by atoms with Gasteiger partial charge in [-0.15, -0.1) is 11.3 Å². The molecule has 3 atom stereocenters. The SMILES string of the molecule is CC(CC#Cc1ccccc1)C(O)C=CC1CCC(=O)N1CCCc1ccc(C(=O)O)s1. The molecule has 3 unspecified atom stereocenters. The Morgan fingerprint density at radius 3 is 2.78 bits per heavy atom. The summed E-state index contributed by atoms with van der Waals surface area (Å²) < 4.78 is 0. The molecule has 32 heavy (non-hydrogen) atoms. The van der Waals surface area contributed by atoms with Crippen molar-refractivity contribution in [1.29, 1.82) is 0 Å². The number of carbonyl (C=O) groups is 2. The molecule has 168 valence electrons. The van der Waals surface area contributed by atoms with Gasteiger partial charge in [0.2, 0.25) is 5.91 Å². The molecule has 1 fully saturated rings. The van der Waals surface area contributed by atoms with E-state index in [9.17, 15) is 14.7 Å². The van der Waals surface area contributed by atoms with E-state index in [1.54, 1.807) is 12.1 Å². The third-order valence-electron chi connectivity index (χ3n) is 5.61. The Morgan fingerprint density at radius 1 is 1.28 bits per heavy atom. The van der Waals surface area contributed by atoms with Gasteiger partial charge in [0.1, 0.15) is 4.88 Å². The number of amides is 1. The average Bonchev–Trinajstić information content (AvgIpc) is 3.40. The van der Waals surface area contributed by atoms with Crippen molar-refractivity contribution in [2.24, 2.45) is 5.92 Å². The van der Waals surface area contributed by atoms with Gasteiger partial charge in [-0.25, -0.2) is 4.79 Å². The number of hydrogen-bond acceptors (Lipinski definition) is 4. The van der Waals surface area contributed by atoms with Crippen molar-refractivity contribution in [3.8, 4) is 11.8 Å². The molecular formula is C26H29NO4S. The van der Waals surface area contributed by atoms with Crippen LogP contribution in [0.2, 0.25) is 0 Å². The van der Waals surface area contributed by atoms with Gasteiger partial charge in [-0.3, -0.25) is 4.79 Å². The molecule has 2 aromatic rings. The molecule has 2 N–H and O–H groups in total. The number of aryl methyl sites for hydroxylation is 1. The van der Waals surface area contributed by atoms with Gasteiger partial charge in [0.05, 0.1) is 12.1 Å². The smallest absolute Gasteiger partial charge is 0.345 e. The van der Waals surface area contributed by atoms with Crippen LogP contribution in [0.15, 0.2) is 54.6 Å². The van der Waals surface area contributed by atoms with Crippen LogP contribution in [0.4, 0.5) is 0 Å². The van der Waals surface area contributed by atoms with Gasteiger partial charge in [-0.05, 0) is 49.4 Å². The van der Waals surface area contributed by atoms with Gasteiger partial charge >= 0.3 is 5.97 Å². The molecule has 0 spiro atoms. The summed E-state index contributed by atoms with van der Waals surface area (Å²) >= 11 is 1.29. The number of hydrogen-bond donors (Lipinski definition) is 2. The summed E-state index contributed by atoms with van der Waals surface area (Å²) in [6.45, 7) is 2.60. The van der Waals surface area contributed by atoms with E-state index in [4.69, 9.17) is 5.11 Å². The molecule has 1 aromatic carbocycles. The van der Waals surface area contributed by atoms with Crippen LogP contribution in [0, 0.1) is 17.8 Å². The van der Waals surface area contributed by atoms with Crippen LogP contribution in [0.3, 0.4) is 0 Å². The van der Waals surface area contributed by atoms with Gasteiger partial charge in [0, 0.05) is 29.8 Å². The number of benzene rings is 1. The number of aliphatic hydroxyl groups is 1. The van der Waals surface area contributed by atoms with Crippen LogP contribution in [0.1, 0.15) is 52.7 Å². The highest BCUT2D eigenvalue weighted by Crippen LogP contribution is 2.23. The maximum Gasteiger partial charge on any atom is 0.345 e. The Hall–Kier alpha value is -2.88. The van der Waals surface area contributed by atoms with Crippen molar-refractivity contribution in [2.75, 3.05) is 6.54 Å². The molecule has 0 aliphatic carbocycles. The fourth-order valence-electron chi connectivity index (χ4n) is 3.69. The Bertz CT molecular complexity index is 1000. The maximum absolute atomic E-state index is 12.3. The average molecular weight is 452 g/mol. The molecule has 6 heteroatoms. The summed E-state index contributed by atoms with van der Waals surface area (Å²) in [4.78, 5) is 26.5. The fourth-order valence-corrected chi connectivity index (χ4v) is 4.57. The van der Waals surface area contributed by atoms with E-state index in [-0.39, 0.29) is 17.9 Å². The molecule has 0 bridgehead atoms. The minimum absolute atomic E-state index is 0.00216. The number of aliphatic hydroxyl groups excluding tert-OH is 1. The Kier molecular flexibility index (Phi) is 8.66. The first-order valence-corrected chi connectivity index (χ1v) is 11.8. The zero-order valence-corrected chi connectivity index (χ0v) is 19.1. The molecule has 1 aromatic heterocycles. The summed E-state index contributed by atoms with van der Waals surface area (Å²) in [5.41, 5.74) is 0.964. The number of carboxylic acids is 1. The van der Waals surface area contributed by atoms with Gasteiger partial charge in [0.25, 0.3) is 0 Å². The second-order valence-electron chi connectivity index (χ2n) is 8.09. The fraction of sp³-hybridized carbons (Fsp3) is 0.385. The van der Waals surface area contributed by atoms with Crippen LogP contribution in [-0.4, -0.2) is 45.7 Å². The van der Waals surface area contributed by atoms with Crippen LogP contribution >= 0.6 is 11.3 Å². The summed E-state index contributed by atoms with van der Waals surface area (Å²) in [5.74, 6) is 5.47. The Labute approximate surface area is 193 Å². The summed E-state index contributed by atoms with van der Waals surface area (Å²) in [5, 5.41) is 19.5.